The van der Waals surface area contributed by atoms with Crippen LogP contribution in [0, 0.1) is 6.92 Å². The quantitative estimate of drug-likeness (QED) is 0.499. The lowest BCUT2D eigenvalue weighted by Crippen LogP contribution is -2.30. The lowest BCUT2D eigenvalue weighted by Gasteiger charge is -2.22. The van der Waals surface area contributed by atoms with Gasteiger partial charge in [-0.15, -0.1) is 11.3 Å². The number of aromatic nitrogens is 1. The Morgan fingerprint density at radius 3 is 2.27 bits per heavy atom. The molecule has 1 N–H and O–H groups in total. The van der Waals surface area contributed by atoms with Crippen LogP contribution < -0.4 is 9.62 Å². The van der Waals surface area contributed by atoms with E-state index in [0.29, 0.717) is 29.5 Å². The number of alkyl halides is 3. The highest BCUT2D eigenvalue weighted by Gasteiger charge is 2.30. The number of sulfonamides is 1. The zero-order chi connectivity index (χ0) is 24.2. The van der Waals surface area contributed by atoms with E-state index < -0.39 is 27.7 Å². The first-order chi connectivity index (χ1) is 15.4. The van der Waals surface area contributed by atoms with E-state index in [1.807, 2.05) is 40.0 Å². The number of thiazole rings is 1. The van der Waals surface area contributed by atoms with Crippen LogP contribution in [0.5, 0.6) is 0 Å². The van der Waals surface area contributed by atoms with Gasteiger partial charge < -0.3 is 4.90 Å². The summed E-state index contributed by atoms with van der Waals surface area (Å²) in [6.45, 7) is 2.57. The first-order valence-corrected chi connectivity index (χ1v) is 12.6. The highest BCUT2D eigenvalue weighted by molar-refractivity contribution is 7.89. The number of carbonyl (C=O) groups excluding carboxylic acids is 1. The highest BCUT2D eigenvalue weighted by Crippen LogP contribution is 2.30. The normalized spacial score (nSPS) is 11.9. The molecule has 33 heavy (non-hydrogen) atoms. The van der Waals surface area contributed by atoms with Crippen LogP contribution in [0.1, 0.15) is 32.1 Å². The van der Waals surface area contributed by atoms with Crippen LogP contribution in [0.25, 0.3) is 0 Å². The number of aryl methyl sites for hydroxylation is 1. The Bertz CT molecular complexity index is 1210. The second kappa shape index (κ2) is 9.92. The molecule has 1 heterocycles. The van der Waals surface area contributed by atoms with Crippen molar-refractivity contribution in [1.29, 1.82) is 0 Å². The predicted molar refractivity (Wildman–Crippen MR) is 122 cm³/mol. The molecule has 0 aliphatic rings. The second-order valence-corrected chi connectivity index (χ2v) is 10.4. The number of nitrogens with zero attached hydrogens (tertiary/aromatic N) is 2. The van der Waals surface area contributed by atoms with Gasteiger partial charge in [-0.25, -0.2) is 18.1 Å². The standard InChI is InChI=1S/C22H22F3N3O3S2/c1-15-19(20(29)27-33(2,30)31)26-21(32-15)28(14-17-6-4-3-5-7-17)13-12-16-8-10-18(11-9-16)22(23,24)25/h3-11H,12-14H2,1-2H3,(H,27,29). The molecule has 0 fully saturated rings. The lowest BCUT2D eigenvalue weighted by molar-refractivity contribution is -0.137. The summed E-state index contributed by atoms with van der Waals surface area (Å²) < 4.78 is 63.2. The number of hydrogen-bond donors (Lipinski definition) is 1. The Balaban J connectivity index is 1.83. The van der Waals surface area contributed by atoms with Gasteiger partial charge in [-0.3, -0.25) is 4.79 Å². The van der Waals surface area contributed by atoms with Gasteiger partial charge in [0.05, 0.1) is 11.8 Å². The van der Waals surface area contributed by atoms with Crippen molar-refractivity contribution in [2.75, 3.05) is 17.7 Å². The van der Waals surface area contributed by atoms with E-state index in [2.05, 4.69) is 4.98 Å². The van der Waals surface area contributed by atoms with Crippen molar-refractivity contribution in [3.05, 3.63) is 81.9 Å². The van der Waals surface area contributed by atoms with Crippen LogP contribution in [-0.4, -0.2) is 32.1 Å². The number of rotatable bonds is 8. The number of amides is 1. The second-order valence-electron chi connectivity index (χ2n) is 7.46. The summed E-state index contributed by atoms with van der Waals surface area (Å²) in [4.78, 5) is 19.2. The maximum Gasteiger partial charge on any atom is 0.416 e. The molecule has 0 aliphatic heterocycles. The molecule has 176 valence electrons. The summed E-state index contributed by atoms with van der Waals surface area (Å²) in [7, 11) is -3.74. The van der Waals surface area contributed by atoms with E-state index >= 15 is 0 Å². The van der Waals surface area contributed by atoms with E-state index in [1.165, 1.54) is 23.5 Å². The summed E-state index contributed by atoms with van der Waals surface area (Å²) >= 11 is 1.25. The van der Waals surface area contributed by atoms with Gasteiger partial charge in [0, 0.05) is 18.0 Å². The minimum atomic E-state index is -4.39. The van der Waals surface area contributed by atoms with Crippen LogP contribution in [-0.2, 0) is 29.2 Å². The molecule has 0 saturated heterocycles. The maximum absolute atomic E-state index is 12.8. The topological polar surface area (TPSA) is 79.4 Å². The molecule has 0 unspecified atom stereocenters. The molecule has 3 aromatic rings. The van der Waals surface area contributed by atoms with E-state index in [0.717, 1.165) is 29.5 Å². The van der Waals surface area contributed by atoms with E-state index in [9.17, 15) is 26.4 Å². The fourth-order valence-electron chi connectivity index (χ4n) is 3.12. The molecule has 0 radical (unpaired) electrons. The van der Waals surface area contributed by atoms with E-state index in [4.69, 9.17) is 0 Å². The summed E-state index contributed by atoms with van der Waals surface area (Å²) in [6, 6.07) is 14.5. The zero-order valence-electron chi connectivity index (χ0n) is 17.9. The molecule has 0 aliphatic carbocycles. The van der Waals surface area contributed by atoms with Gasteiger partial charge in [-0.1, -0.05) is 42.5 Å². The first-order valence-electron chi connectivity index (χ1n) is 9.87. The van der Waals surface area contributed by atoms with Gasteiger partial charge in [0.1, 0.15) is 5.69 Å². The minimum Gasteiger partial charge on any atom is -0.343 e. The number of nitrogens with one attached hydrogen (secondary N) is 1. The van der Waals surface area contributed by atoms with E-state index in [-0.39, 0.29) is 5.69 Å². The Morgan fingerprint density at radius 1 is 1.06 bits per heavy atom. The first kappa shape index (κ1) is 24.7. The third-order valence-corrected chi connectivity index (χ3v) is 6.30. The molecule has 1 aromatic heterocycles. The van der Waals surface area contributed by atoms with Gasteiger partial charge in [-0.05, 0) is 36.6 Å². The molecular weight excluding hydrogens is 475 g/mol. The smallest absolute Gasteiger partial charge is 0.343 e. The lowest BCUT2D eigenvalue weighted by atomic mass is 10.1. The van der Waals surface area contributed by atoms with Crippen molar-refractivity contribution in [1.82, 2.24) is 9.71 Å². The van der Waals surface area contributed by atoms with Crippen LogP contribution in [0.15, 0.2) is 54.6 Å². The molecule has 1 amide bonds. The Morgan fingerprint density at radius 2 is 1.70 bits per heavy atom. The molecule has 6 nitrogen and oxygen atoms in total. The monoisotopic (exact) mass is 497 g/mol. The number of benzene rings is 2. The van der Waals surface area contributed by atoms with Crippen molar-refractivity contribution in [2.24, 2.45) is 0 Å². The average Bonchev–Trinajstić information content (AvgIpc) is 3.12. The Kier molecular flexibility index (Phi) is 7.43. The third-order valence-electron chi connectivity index (χ3n) is 4.72. The molecule has 11 heteroatoms. The largest absolute Gasteiger partial charge is 0.416 e. The molecule has 0 spiro atoms. The molecule has 3 rings (SSSR count). The van der Waals surface area contributed by atoms with Crippen LogP contribution >= 0.6 is 11.3 Å². The summed E-state index contributed by atoms with van der Waals surface area (Å²) in [5.74, 6) is -0.806. The fourth-order valence-corrected chi connectivity index (χ4v) is 4.48. The van der Waals surface area contributed by atoms with Crippen molar-refractivity contribution < 1.29 is 26.4 Å². The number of halogens is 3. The van der Waals surface area contributed by atoms with Crippen molar-refractivity contribution in [3.63, 3.8) is 0 Å². The predicted octanol–water partition coefficient (Wildman–Crippen LogP) is 4.41. The third kappa shape index (κ3) is 7.03. The van der Waals surface area contributed by atoms with Crippen molar-refractivity contribution >= 4 is 32.4 Å². The van der Waals surface area contributed by atoms with Crippen LogP contribution in [0.2, 0.25) is 0 Å². The SMILES string of the molecule is Cc1sc(N(CCc2ccc(C(F)(F)F)cc2)Cc2ccccc2)nc1C(=O)NS(C)(=O)=O. The highest BCUT2D eigenvalue weighted by atomic mass is 32.2. The minimum absolute atomic E-state index is 0.0213. The number of anilines is 1. The molecule has 2 aromatic carbocycles. The van der Waals surface area contributed by atoms with Crippen LogP contribution in [0.4, 0.5) is 18.3 Å². The molecular formula is C22H22F3N3O3S2. The van der Waals surface area contributed by atoms with Crippen LogP contribution in [0.3, 0.4) is 0 Å². The summed E-state index contributed by atoms with van der Waals surface area (Å²) in [5.41, 5.74) is 1.03. The molecule has 0 atom stereocenters. The average molecular weight is 498 g/mol. The van der Waals surface area contributed by atoms with Crippen molar-refractivity contribution in [3.8, 4) is 0 Å². The Labute approximate surface area is 194 Å². The van der Waals surface area contributed by atoms with Gasteiger partial charge in [0.2, 0.25) is 10.0 Å². The molecule has 0 saturated carbocycles. The van der Waals surface area contributed by atoms with Gasteiger partial charge in [-0.2, -0.15) is 13.2 Å². The number of hydrogen-bond acceptors (Lipinski definition) is 6. The van der Waals surface area contributed by atoms with Gasteiger partial charge >= 0.3 is 6.18 Å². The summed E-state index contributed by atoms with van der Waals surface area (Å²) in [5, 5.41) is 0.516. The van der Waals surface area contributed by atoms with Crippen molar-refractivity contribution in [2.45, 2.75) is 26.1 Å². The van der Waals surface area contributed by atoms with Gasteiger partial charge in [0.15, 0.2) is 5.13 Å². The van der Waals surface area contributed by atoms with Gasteiger partial charge in [0.25, 0.3) is 5.91 Å². The Hall–Kier alpha value is -2.92. The fraction of sp³-hybridized carbons (Fsp3) is 0.273. The zero-order valence-corrected chi connectivity index (χ0v) is 19.5. The summed E-state index contributed by atoms with van der Waals surface area (Å²) in [6.07, 6.45) is -3.05. The van der Waals surface area contributed by atoms with E-state index in [1.54, 1.807) is 6.92 Å². The maximum atomic E-state index is 12.8. The number of carbonyl (C=O) groups is 1. The molecule has 0 bridgehead atoms.